The molecule has 0 aliphatic carbocycles. The van der Waals surface area contributed by atoms with Gasteiger partial charge in [0, 0.05) is 19.3 Å². The minimum absolute atomic E-state index is 0.102. The van der Waals surface area contributed by atoms with Crippen LogP contribution >= 0.6 is 0 Å². The molecule has 1 unspecified atom stereocenters. The molecule has 0 saturated heterocycles. The average Bonchev–Trinajstić information content (AvgIpc) is 3.38. The van der Waals surface area contributed by atoms with Gasteiger partial charge in [0.2, 0.25) is 0 Å². The van der Waals surface area contributed by atoms with E-state index in [1.165, 1.54) is 70.6 Å². The van der Waals surface area contributed by atoms with Crippen molar-refractivity contribution in [3.8, 4) is 0 Å². The maximum absolute atomic E-state index is 12.9. The summed E-state index contributed by atoms with van der Waals surface area (Å²) < 4.78 is 16.8. The van der Waals surface area contributed by atoms with Gasteiger partial charge < -0.3 is 14.2 Å². The Bertz CT molecular complexity index is 1520. The molecule has 1 atom stereocenters. The van der Waals surface area contributed by atoms with Crippen molar-refractivity contribution < 1.29 is 28.6 Å². The Kier molecular flexibility index (Phi) is 55.9. The van der Waals surface area contributed by atoms with Gasteiger partial charge in [0.15, 0.2) is 6.10 Å². The van der Waals surface area contributed by atoms with Crippen LogP contribution in [-0.2, 0) is 28.6 Å². The molecule has 0 aliphatic heterocycles. The van der Waals surface area contributed by atoms with Crippen LogP contribution in [0.1, 0.15) is 258 Å². The molecule has 0 N–H and O–H groups in total. The zero-order valence-electron chi connectivity index (χ0n) is 46.7. The Morgan fingerprint density at radius 3 is 0.917 bits per heavy atom. The third-order valence-electron chi connectivity index (χ3n) is 12.2. The van der Waals surface area contributed by atoms with Gasteiger partial charge in [-0.3, -0.25) is 14.4 Å². The van der Waals surface area contributed by atoms with E-state index in [9.17, 15) is 14.4 Å². The van der Waals surface area contributed by atoms with Crippen LogP contribution < -0.4 is 0 Å². The van der Waals surface area contributed by atoms with Gasteiger partial charge in [0.25, 0.3) is 0 Å². The number of rotatable bonds is 52. The van der Waals surface area contributed by atoms with E-state index in [0.29, 0.717) is 19.3 Å². The van der Waals surface area contributed by atoms with Crippen molar-refractivity contribution in [1.29, 1.82) is 0 Å². The minimum atomic E-state index is -0.806. The van der Waals surface area contributed by atoms with Crippen LogP contribution in [0.4, 0.5) is 0 Å². The highest BCUT2D eigenvalue weighted by molar-refractivity contribution is 5.71. The quantitative estimate of drug-likeness (QED) is 0.0261. The van der Waals surface area contributed by atoms with Crippen molar-refractivity contribution in [2.75, 3.05) is 13.2 Å². The van der Waals surface area contributed by atoms with Crippen LogP contribution in [0.25, 0.3) is 0 Å². The molecular formula is C66H108O6. The monoisotopic (exact) mass is 997 g/mol. The third-order valence-corrected chi connectivity index (χ3v) is 12.2. The van der Waals surface area contributed by atoms with E-state index in [2.05, 4.69) is 142 Å². The summed E-state index contributed by atoms with van der Waals surface area (Å²) in [5.74, 6) is -0.958. The smallest absolute Gasteiger partial charge is 0.306 e. The summed E-state index contributed by atoms with van der Waals surface area (Å²) in [5.41, 5.74) is 0. The maximum Gasteiger partial charge on any atom is 0.306 e. The molecule has 6 heteroatoms. The fourth-order valence-electron chi connectivity index (χ4n) is 7.73. The molecule has 0 aromatic heterocycles. The largest absolute Gasteiger partial charge is 0.462 e. The standard InChI is InChI=1S/C66H108O6/c1-4-7-10-13-16-19-22-25-28-29-30-31-32-33-34-35-36-37-39-41-44-47-50-53-56-59-65(68)71-62-63(61-70-64(67)58-55-52-49-46-43-40-27-24-21-18-15-12-9-6-3)72-66(69)60-57-54-51-48-45-42-38-26-23-20-17-14-11-8-5-2/h7,10,15-16,18-19,24-28,30-31,33-34,36-38,41,44,63H,4-6,8-9,11-14,17,20-23,29,32,35,39-40,42-43,45-62H2,1-3H3/b10-7-,18-15-,19-16-,27-24-,28-25-,31-30-,34-33-,37-36-,38-26-,44-41-. The van der Waals surface area contributed by atoms with Crippen molar-refractivity contribution in [2.45, 2.75) is 264 Å². The summed E-state index contributed by atoms with van der Waals surface area (Å²) in [4.78, 5) is 38.2. The van der Waals surface area contributed by atoms with Gasteiger partial charge in [0.05, 0.1) is 0 Å². The fraction of sp³-hybridized carbons (Fsp3) is 0.652. The molecule has 0 aromatic rings. The van der Waals surface area contributed by atoms with E-state index in [4.69, 9.17) is 14.2 Å². The molecule has 72 heavy (non-hydrogen) atoms. The van der Waals surface area contributed by atoms with Crippen LogP contribution in [0.15, 0.2) is 122 Å². The van der Waals surface area contributed by atoms with E-state index in [-0.39, 0.29) is 31.1 Å². The predicted molar refractivity (Wildman–Crippen MR) is 311 cm³/mol. The lowest BCUT2D eigenvalue weighted by molar-refractivity contribution is -0.167. The van der Waals surface area contributed by atoms with E-state index >= 15 is 0 Å². The SMILES string of the molecule is CC/C=C\C/C=C\C/C=C\C/C=C\C/C=C\C/C=C\C/C=C\CCCCCC(=O)OCC(COC(=O)CCCCCCC/C=C\C/C=C\CCCC)OC(=O)CCCCCCC/C=C\CCCCCCCC. The second kappa shape index (κ2) is 59.4. The van der Waals surface area contributed by atoms with Crippen molar-refractivity contribution in [1.82, 2.24) is 0 Å². The van der Waals surface area contributed by atoms with Gasteiger partial charge in [-0.25, -0.2) is 0 Å². The highest BCUT2D eigenvalue weighted by atomic mass is 16.6. The van der Waals surface area contributed by atoms with E-state index in [1.807, 2.05) is 0 Å². The number of hydrogen-bond acceptors (Lipinski definition) is 6. The Morgan fingerprint density at radius 2 is 0.556 bits per heavy atom. The normalized spacial score (nSPS) is 13.0. The lowest BCUT2D eigenvalue weighted by Gasteiger charge is -2.18. The lowest BCUT2D eigenvalue weighted by Crippen LogP contribution is -2.30. The summed E-state index contributed by atoms with van der Waals surface area (Å²) >= 11 is 0. The highest BCUT2D eigenvalue weighted by Crippen LogP contribution is 2.13. The Hall–Kier alpha value is -4.19. The zero-order chi connectivity index (χ0) is 52.2. The summed E-state index contributed by atoms with van der Waals surface area (Å²) in [7, 11) is 0. The number of unbranched alkanes of at least 4 members (excludes halogenated alkanes) is 21. The van der Waals surface area contributed by atoms with Crippen LogP contribution in [0, 0.1) is 0 Å². The number of carbonyl (C=O) groups excluding carboxylic acids is 3. The van der Waals surface area contributed by atoms with Gasteiger partial charge in [-0.2, -0.15) is 0 Å². The van der Waals surface area contributed by atoms with E-state index < -0.39 is 6.10 Å². The Morgan fingerprint density at radius 1 is 0.292 bits per heavy atom. The van der Waals surface area contributed by atoms with Crippen molar-refractivity contribution in [2.24, 2.45) is 0 Å². The van der Waals surface area contributed by atoms with Crippen LogP contribution in [-0.4, -0.2) is 37.2 Å². The predicted octanol–water partition coefficient (Wildman–Crippen LogP) is 20.0. The number of carbonyl (C=O) groups is 3. The lowest BCUT2D eigenvalue weighted by atomic mass is 10.1. The Balaban J connectivity index is 4.45. The molecule has 408 valence electrons. The summed E-state index contributed by atoms with van der Waals surface area (Å²) in [6.45, 7) is 6.43. The molecule has 0 rings (SSSR count). The Labute approximate surface area is 443 Å². The second-order valence-electron chi connectivity index (χ2n) is 19.2. The third kappa shape index (κ3) is 56.7. The molecule has 0 fully saturated rings. The van der Waals surface area contributed by atoms with E-state index in [1.54, 1.807) is 0 Å². The van der Waals surface area contributed by atoms with E-state index in [0.717, 1.165) is 148 Å². The fourth-order valence-corrected chi connectivity index (χ4v) is 7.73. The molecule has 0 spiro atoms. The second-order valence-corrected chi connectivity index (χ2v) is 19.2. The van der Waals surface area contributed by atoms with Crippen molar-refractivity contribution in [3.05, 3.63) is 122 Å². The van der Waals surface area contributed by atoms with Gasteiger partial charge >= 0.3 is 17.9 Å². The number of allylic oxidation sites excluding steroid dienone is 20. The average molecular weight is 998 g/mol. The molecular weight excluding hydrogens is 889 g/mol. The summed E-state index contributed by atoms with van der Waals surface area (Å²) in [5, 5.41) is 0. The summed E-state index contributed by atoms with van der Waals surface area (Å²) in [6, 6.07) is 0. The summed E-state index contributed by atoms with van der Waals surface area (Å²) in [6.07, 6.45) is 81.9. The molecule has 6 nitrogen and oxygen atoms in total. The van der Waals surface area contributed by atoms with Gasteiger partial charge in [-0.15, -0.1) is 0 Å². The molecule has 0 aliphatic rings. The number of esters is 3. The maximum atomic E-state index is 12.9. The first kappa shape index (κ1) is 67.8. The first-order chi connectivity index (χ1) is 35.5. The van der Waals surface area contributed by atoms with Gasteiger partial charge in [0.1, 0.15) is 13.2 Å². The number of ether oxygens (including phenoxy) is 3. The molecule has 0 saturated carbocycles. The van der Waals surface area contributed by atoms with Crippen LogP contribution in [0.2, 0.25) is 0 Å². The zero-order valence-corrected chi connectivity index (χ0v) is 46.7. The molecule has 0 heterocycles. The molecule has 0 radical (unpaired) electrons. The first-order valence-corrected chi connectivity index (χ1v) is 29.5. The van der Waals surface area contributed by atoms with Crippen molar-refractivity contribution >= 4 is 17.9 Å². The molecule has 0 bridgehead atoms. The van der Waals surface area contributed by atoms with Crippen molar-refractivity contribution in [3.63, 3.8) is 0 Å². The molecule has 0 amide bonds. The van der Waals surface area contributed by atoms with Gasteiger partial charge in [-0.05, 0) is 128 Å². The minimum Gasteiger partial charge on any atom is -0.462 e. The van der Waals surface area contributed by atoms with Crippen LogP contribution in [0.5, 0.6) is 0 Å². The number of hydrogen-bond donors (Lipinski definition) is 0. The van der Waals surface area contributed by atoms with Gasteiger partial charge in [-0.1, -0.05) is 232 Å². The first-order valence-electron chi connectivity index (χ1n) is 29.5. The highest BCUT2D eigenvalue weighted by Gasteiger charge is 2.19. The van der Waals surface area contributed by atoms with Crippen LogP contribution in [0.3, 0.4) is 0 Å². The topological polar surface area (TPSA) is 78.9 Å². The molecule has 0 aromatic carbocycles.